The zero-order valence-electron chi connectivity index (χ0n) is 9.90. The molecule has 1 fully saturated rings. The molecule has 1 saturated heterocycles. The zero-order chi connectivity index (χ0) is 12.3. The summed E-state index contributed by atoms with van der Waals surface area (Å²) in [5.41, 5.74) is 6.88. The van der Waals surface area contributed by atoms with Crippen molar-refractivity contribution in [1.29, 1.82) is 0 Å². The lowest BCUT2D eigenvalue weighted by atomic mass is 10.1. The molecule has 0 unspecified atom stereocenters. The van der Waals surface area contributed by atoms with Crippen LogP contribution in [0.25, 0.3) is 0 Å². The van der Waals surface area contributed by atoms with E-state index < -0.39 is 0 Å². The Kier molecular flexibility index (Phi) is 3.49. The molecule has 0 radical (unpaired) electrons. The van der Waals surface area contributed by atoms with E-state index in [9.17, 15) is 4.79 Å². The molecular weight excluding hydrogens is 218 g/mol. The first kappa shape index (κ1) is 11.7. The Morgan fingerprint density at radius 2 is 2.12 bits per heavy atom. The van der Waals surface area contributed by atoms with Crippen molar-refractivity contribution in [3.8, 4) is 5.75 Å². The van der Waals surface area contributed by atoms with E-state index >= 15 is 0 Å². The molecule has 3 N–H and O–H groups in total. The molecule has 0 aromatic heterocycles. The van der Waals surface area contributed by atoms with Crippen molar-refractivity contribution in [1.82, 2.24) is 10.2 Å². The fraction of sp³-hybridized carbons (Fsp3) is 0.417. The number of carbonyl (C=O) groups excluding carboxylic acids is 1. The average molecular weight is 235 g/mol. The Labute approximate surface area is 101 Å². The lowest BCUT2D eigenvalue weighted by Crippen LogP contribution is -2.46. The highest BCUT2D eigenvalue weighted by Gasteiger charge is 2.19. The third-order valence-electron chi connectivity index (χ3n) is 2.89. The fourth-order valence-corrected chi connectivity index (χ4v) is 1.90. The van der Waals surface area contributed by atoms with Gasteiger partial charge in [-0.2, -0.15) is 0 Å². The molecule has 1 amide bonds. The van der Waals surface area contributed by atoms with Crippen molar-refractivity contribution in [2.24, 2.45) is 0 Å². The first-order valence-electron chi connectivity index (χ1n) is 5.66. The van der Waals surface area contributed by atoms with Crippen LogP contribution >= 0.6 is 0 Å². The van der Waals surface area contributed by atoms with Crippen molar-refractivity contribution in [2.75, 3.05) is 39.0 Å². The van der Waals surface area contributed by atoms with E-state index in [0.717, 1.165) is 26.2 Å². The SMILES string of the molecule is COc1ccc(C(=O)N2CCNCC2)c(N)c1. The number of ether oxygens (including phenoxy) is 1. The van der Waals surface area contributed by atoms with Crippen LogP contribution in [-0.2, 0) is 0 Å². The van der Waals surface area contributed by atoms with E-state index in [2.05, 4.69) is 5.32 Å². The number of carbonyl (C=O) groups is 1. The second-order valence-electron chi connectivity index (χ2n) is 4.00. The fourth-order valence-electron chi connectivity index (χ4n) is 1.90. The van der Waals surface area contributed by atoms with Gasteiger partial charge in [0, 0.05) is 37.9 Å². The molecule has 0 saturated carbocycles. The summed E-state index contributed by atoms with van der Waals surface area (Å²) in [5.74, 6) is 0.658. The van der Waals surface area contributed by atoms with Crippen LogP contribution < -0.4 is 15.8 Å². The molecule has 0 spiro atoms. The number of nitrogens with two attached hydrogens (primary N) is 1. The molecule has 0 atom stereocenters. The Hall–Kier alpha value is -1.75. The molecule has 5 nitrogen and oxygen atoms in total. The molecule has 2 rings (SSSR count). The van der Waals surface area contributed by atoms with E-state index in [1.165, 1.54) is 0 Å². The average Bonchev–Trinajstić information content (AvgIpc) is 2.39. The van der Waals surface area contributed by atoms with Crippen LogP contribution in [0, 0.1) is 0 Å². The number of nitrogens with one attached hydrogen (secondary N) is 1. The van der Waals surface area contributed by atoms with Crippen molar-refractivity contribution in [3.63, 3.8) is 0 Å². The first-order chi connectivity index (χ1) is 8.22. The summed E-state index contributed by atoms with van der Waals surface area (Å²) in [6.07, 6.45) is 0. The number of nitrogen functional groups attached to an aromatic ring is 1. The summed E-state index contributed by atoms with van der Waals surface area (Å²) in [5, 5.41) is 3.21. The molecule has 1 aliphatic rings. The van der Waals surface area contributed by atoms with Crippen LogP contribution in [-0.4, -0.2) is 44.1 Å². The Balaban J connectivity index is 2.18. The van der Waals surface area contributed by atoms with Crippen LogP contribution in [0.4, 0.5) is 5.69 Å². The second-order valence-corrected chi connectivity index (χ2v) is 4.00. The van der Waals surface area contributed by atoms with Gasteiger partial charge in [0.05, 0.1) is 12.7 Å². The zero-order valence-corrected chi connectivity index (χ0v) is 9.90. The molecule has 1 aliphatic heterocycles. The monoisotopic (exact) mass is 235 g/mol. The summed E-state index contributed by atoms with van der Waals surface area (Å²) < 4.78 is 5.06. The van der Waals surface area contributed by atoms with Gasteiger partial charge in [-0.1, -0.05) is 0 Å². The molecule has 1 aromatic carbocycles. The normalized spacial score (nSPS) is 15.7. The molecule has 17 heavy (non-hydrogen) atoms. The van der Waals surface area contributed by atoms with Gasteiger partial charge in [-0.3, -0.25) is 4.79 Å². The number of anilines is 1. The predicted octanol–water partition coefficient (Wildman–Crippen LogP) is 0.323. The van der Waals surface area contributed by atoms with E-state index in [0.29, 0.717) is 17.0 Å². The van der Waals surface area contributed by atoms with Gasteiger partial charge in [-0.15, -0.1) is 0 Å². The van der Waals surface area contributed by atoms with Gasteiger partial charge in [0.1, 0.15) is 5.75 Å². The van der Waals surface area contributed by atoms with Crippen molar-refractivity contribution in [3.05, 3.63) is 23.8 Å². The van der Waals surface area contributed by atoms with Gasteiger partial charge in [-0.05, 0) is 12.1 Å². The second kappa shape index (κ2) is 5.05. The van der Waals surface area contributed by atoms with E-state index in [-0.39, 0.29) is 5.91 Å². The van der Waals surface area contributed by atoms with Crippen LogP contribution in [0.15, 0.2) is 18.2 Å². The first-order valence-corrected chi connectivity index (χ1v) is 5.66. The maximum Gasteiger partial charge on any atom is 0.256 e. The number of benzene rings is 1. The van der Waals surface area contributed by atoms with Gasteiger partial charge < -0.3 is 20.7 Å². The summed E-state index contributed by atoms with van der Waals surface area (Å²) in [4.78, 5) is 14.0. The number of piperazine rings is 1. The molecule has 0 bridgehead atoms. The Bertz CT molecular complexity index is 414. The smallest absolute Gasteiger partial charge is 0.256 e. The Morgan fingerprint density at radius 3 is 2.71 bits per heavy atom. The maximum absolute atomic E-state index is 12.2. The third kappa shape index (κ3) is 2.50. The minimum atomic E-state index is -0.00773. The molecule has 0 aliphatic carbocycles. The quantitative estimate of drug-likeness (QED) is 0.725. The minimum absolute atomic E-state index is 0.00773. The molecule has 92 valence electrons. The topological polar surface area (TPSA) is 67.6 Å². The summed E-state index contributed by atoms with van der Waals surface area (Å²) >= 11 is 0. The van der Waals surface area contributed by atoms with Gasteiger partial charge in [0.15, 0.2) is 0 Å². The van der Waals surface area contributed by atoms with Gasteiger partial charge >= 0.3 is 0 Å². The van der Waals surface area contributed by atoms with Gasteiger partial charge in [-0.25, -0.2) is 0 Å². The van der Waals surface area contributed by atoms with E-state index in [4.69, 9.17) is 10.5 Å². The molecule has 5 heteroatoms. The number of hydrogen-bond donors (Lipinski definition) is 2. The molecular formula is C12H17N3O2. The standard InChI is InChI=1S/C12H17N3O2/c1-17-9-2-3-10(11(13)8-9)12(16)15-6-4-14-5-7-15/h2-3,8,14H,4-7,13H2,1H3. The number of hydrogen-bond acceptors (Lipinski definition) is 4. The largest absolute Gasteiger partial charge is 0.497 e. The number of amides is 1. The Morgan fingerprint density at radius 1 is 1.41 bits per heavy atom. The predicted molar refractivity (Wildman–Crippen MR) is 66.2 cm³/mol. The van der Waals surface area contributed by atoms with Crippen molar-refractivity contribution < 1.29 is 9.53 Å². The highest BCUT2D eigenvalue weighted by Crippen LogP contribution is 2.21. The number of methoxy groups -OCH3 is 1. The lowest BCUT2D eigenvalue weighted by Gasteiger charge is -2.27. The van der Waals surface area contributed by atoms with Crippen LogP contribution in [0.5, 0.6) is 5.75 Å². The minimum Gasteiger partial charge on any atom is -0.497 e. The van der Waals surface area contributed by atoms with E-state index in [1.807, 2.05) is 4.90 Å². The summed E-state index contributed by atoms with van der Waals surface area (Å²) in [6, 6.07) is 5.15. The van der Waals surface area contributed by atoms with Crippen LogP contribution in [0.2, 0.25) is 0 Å². The van der Waals surface area contributed by atoms with Crippen molar-refractivity contribution in [2.45, 2.75) is 0 Å². The number of rotatable bonds is 2. The number of nitrogens with zero attached hydrogens (tertiary/aromatic N) is 1. The lowest BCUT2D eigenvalue weighted by molar-refractivity contribution is 0.0737. The van der Waals surface area contributed by atoms with Crippen LogP contribution in [0.3, 0.4) is 0 Å². The summed E-state index contributed by atoms with van der Waals surface area (Å²) in [6.45, 7) is 3.12. The van der Waals surface area contributed by atoms with E-state index in [1.54, 1.807) is 25.3 Å². The molecule has 1 heterocycles. The summed E-state index contributed by atoms with van der Waals surface area (Å²) in [7, 11) is 1.58. The molecule has 1 aromatic rings. The van der Waals surface area contributed by atoms with Crippen LogP contribution in [0.1, 0.15) is 10.4 Å². The van der Waals surface area contributed by atoms with Gasteiger partial charge in [0.25, 0.3) is 5.91 Å². The van der Waals surface area contributed by atoms with Gasteiger partial charge in [0.2, 0.25) is 0 Å². The van der Waals surface area contributed by atoms with Crippen molar-refractivity contribution >= 4 is 11.6 Å². The highest BCUT2D eigenvalue weighted by molar-refractivity contribution is 5.99. The third-order valence-corrected chi connectivity index (χ3v) is 2.89. The highest BCUT2D eigenvalue weighted by atomic mass is 16.5. The maximum atomic E-state index is 12.2.